The van der Waals surface area contributed by atoms with E-state index in [0.29, 0.717) is 5.15 Å². The van der Waals surface area contributed by atoms with Crippen molar-refractivity contribution >= 4 is 11.6 Å². The summed E-state index contributed by atoms with van der Waals surface area (Å²) in [6.45, 7) is 3.89. The minimum atomic E-state index is 0.650. The highest BCUT2D eigenvalue weighted by molar-refractivity contribution is 6.30. The van der Waals surface area contributed by atoms with Crippen LogP contribution in [-0.4, -0.2) is 9.97 Å². The first-order valence-electron chi connectivity index (χ1n) is 4.66. The topological polar surface area (TPSA) is 25.8 Å². The zero-order valence-corrected chi connectivity index (χ0v) is 8.73. The summed E-state index contributed by atoms with van der Waals surface area (Å²) in [4.78, 5) is 8.49. The lowest BCUT2D eigenvalue weighted by Crippen LogP contribution is -2.00. The number of aromatic nitrogens is 2. The maximum absolute atomic E-state index is 6.06. The standard InChI is InChI=1S/C10H13ClN2/c1-6-9(5-8-3-4-8)10(11)13-7(2)12-6/h8H,3-5H2,1-2H3. The van der Waals surface area contributed by atoms with Crippen LogP contribution in [0, 0.1) is 19.8 Å². The van der Waals surface area contributed by atoms with Gasteiger partial charge in [-0.3, -0.25) is 0 Å². The highest BCUT2D eigenvalue weighted by Gasteiger charge is 2.24. The Morgan fingerprint density at radius 1 is 1.31 bits per heavy atom. The Balaban J connectivity index is 2.31. The molecule has 1 aliphatic carbocycles. The summed E-state index contributed by atoms with van der Waals surface area (Å²) >= 11 is 6.06. The van der Waals surface area contributed by atoms with E-state index in [-0.39, 0.29) is 0 Å². The van der Waals surface area contributed by atoms with Gasteiger partial charge in [-0.1, -0.05) is 11.6 Å². The molecule has 3 heteroatoms. The second-order valence-electron chi connectivity index (χ2n) is 3.77. The van der Waals surface area contributed by atoms with Crippen molar-refractivity contribution in [3.8, 4) is 0 Å². The molecule has 2 nitrogen and oxygen atoms in total. The lowest BCUT2D eigenvalue weighted by atomic mass is 10.1. The van der Waals surface area contributed by atoms with Gasteiger partial charge in [0.15, 0.2) is 0 Å². The first-order valence-corrected chi connectivity index (χ1v) is 5.04. The minimum absolute atomic E-state index is 0.650. The van der Waals surface area contributed by atoms with Crippen molar-refractivity contribution < 1.29 is 0 Å². The molecule has 1 saturated carbocycles. The number of hydrogen-bond acceptors (Lipinski definition) is 2. The van der Waals surface area contributed by atoms with E-state index in [1.165, 1.54) is 12.8 Å². The van der Waals surface area contributed by atoms with E-state index < -0.39 is 0 Å². The third-order valence-electron chi connectivity index (χ3n) is 2.46. The van der Waals surface area contributed by atoms with Gasteiger partial charge < -0.3 is 0 Å². The Bertz CT molecular complexity index is 309. The van der Waals surface area contributed by atoms with Crippen molar-refractivity contribution in [1.82, 2.24) is 9.97 Å². The van der Waals surface area contributed by atoms with Gasteiger partial charge in [-0.25, -0.2) is 9.97 Å². The Kier molecular flexibility index (Phi) is 2.24. The summed E-state index contributed by atoms with van der Waals surface area (Å²) in [5, 5.41) is 0.650. The van der Waals surface area contributed by atoms with Crippen LogP contribution in [0.1, 0.15) is 29.9 Å². The van der Waals surface area contributed by atoms with Gasteiger partial charge >= 0.3 is 0 Å². The molecule has 0 aromatic carbocycles. The van der Waals surface area contributed by atoms with Crippen molar-refractivity contribution in [2.75, 3.05) is 0 Å². The SMILES string of the molecule is Cc1nc(C)c(CC2CC2)c(Cl)n1. The van der Waals surface area contributed by atoms with Gasteiger partial charge in [0.25, 0.3) is 0 Å². The summed E-state index contributed by atoms with van der Waals surface area (Å²) < 4.78 is 0. The average molecular weight is 197 g/mol. The van der Waals surface area contributed by atoms with Gasteiger partial charge in [0, 0.05) is 11.3 Å². The van der Waals surface area contributed by atoms with Crippen LogP contribution in [0.15, 0.2) is 0 Å². The largest absolute Gasteiger partial charge is 0.238 e. The zero-order valence-electron chi connectivity index (χ0n) is 7.97. The van der Waals surface area contributed by atoms with Crippen LogP contribution in [0.3, 0.4) is 0 Å². The lowest BCUT2D eigenvalue weighted by Gasteiger charge is -2.06. The molecule has 1 aromatic heterocycles. The minimum Gasteiger partial charge on any atom is -0.238 e. The Morgan fingerprint density at radius 3 is 2.54 bits per heavy atom. The quantitative estimate of drug-likeness (QED) is 0.680. The second-order valence-corrected chi connectivity index (χ2v) is 4.13. The van der Waals surface area contributed by atoms with E-state index in [2.05, 4.69) is 9.97 Å². The molecule has 0 atom stereocenters. The van der Waals surface area contributed by atoms with Crippen LogP contribution in [0.5, 0.6) is 0 Å². The first-order chi connectivity index (χ1) is 6.16. The fourth-order valence-corrected chi connectivity index (χ4v) is 1.87. The van der Waals surface area contributed by atoms with Crippen molar-refractivity contribution in [2.45, 2.75) is 33.1 Å². The highest BCUT2D eigenvalue weighted by Crippen LogP contribution is 2.34. The maximum atomic E-state index is 6.06. The van der Waals surface area contributed by atoms with Gasteiger partial charge in [-0.15, -0.1) is 0 Å². The summed E-state index contributed by atoms with van der Waals surface area (Å²) in [5.41, 5.74) is 2.19. The Hall–Kier alpha value is -0.630. The summed E-state index contributed by atoms with van der Waals surface area (Å²) in [6, 6.07) is 0. The van der Waals surface area contributed by atoms with Gasteiger partial charge in [-0.2, -0.15) is 0 Å². The molecule has 0 radical (unpaired) electrons. The van der Waals surface area contributed by atoms with Crippen LogP contribution in [-0.2, 0) is 6.42 Å². The molecule has 0 bridgehead atoms. The smallest absolute Gasteiger partial charge is 0.136 e. The molecule has 13 heavy (non-hydrogen) atoms. The maximum Gasteiger partial charge on any atom is 0.136 e. The van der Waals surface area contributed by atoms with Crippen molar-refractivity contribution in [3.05, 3.63) is 22.2 Å². The van der Waals surface area contributed by atoms with Crippen LogP contribution in [0.25, 0.3) is 0 Å². The average Bonchev–Trinajstić information content (AvgIpc) is 2.79. The molecule has 1 aliphatic rings. The van der Waals surface area contributed by atoms with Crippen molar-refractivity contribution in [1.29, 1.82) is 0 Å². The van der Waals surface area contributed by atoms with Gasteiger partial charge in [0.2, 0.25) is 0 Å². The lowest BCUT2D eigenvalue weighted by molar-refractivity contribution is 0.803. The van der Waals surface area contributed by atoms with Gasteiger partial charge in [-0.05, 0) is 39.0 Å². The number of halogens is 1. The predicted octanol–water partition coefficient (Wildman–Crippen LogP) is 2.70. The normalized spacial score (nSPS) is 16.2. The predicted molar refractivity (Wildman–Crippen MR) is 52.9 cm³/mol. The van der Waals surface area contributed by atoms with E-state index in [1.54, 1.807) is 0 Å². The first kappa shape index (κ1) is 8.95. The van der Waals surface area contributed by atoms with Crippen LogP contribution in [0.2, 0.25) is 5.15 Å². The summed E-state index contributed by atoms with van der Waals surface area (Å²) in [5.74, 6) is 1.60. The molecule has 1 heterocycles. The molecule has 0 aliphatic heterocycles. The fraction of sp³-hybridized carbons (Fsp3) is 0.600. The zero-order chi connectivity index (χ0) is 9.42. The van der Waals surface area contributed by atoms with Crippen LogP contribution in [0.4, 0.5) is 0 Å². The molecular formula is C10H13ClN2. The number of aryl methyl sites for hydroxylation is 2. The second kappa shape index (κ2) is 3.26. The fourth-order valence-electron chi connectivity index (χ4n) is 1.54. The molecule has 1 fully saturated rings. The van der Waals surface area contributed by atoms with E-state index in [9.17, 15) is 0 Å². The monoisotopic (exact) mass is 196 g/mol. The highest BCUT2D eigenvalue weighted by atomic mass is 35.5. The van der Waals surface area contributed by atoms with Crippen LogP contribution >= 0.6 is 11.6 Å². The number of rotatable bonds is 2. The molecule has 0 spiro atoms. The number of nitrogens with zero attached hydrogens (tertiary/aromatic N) is 2. The third-order valence-corrected chi connectivity index (χ3v) is 2.78. The summed E-state index contributed by atoms with van der Waals surface area (Å²) in [6.07, 6.45) is 3.73. The van der Waals surface area contributed by atoms with E-state index >= 15 is 0 Å². The molecule has 2 rings (SSSR count). The van der Waals surface area contributed by atoms with E-state index in [0.717, 1.165) is 29.4 Å². The third kappa shape index (κ3) is 1.99. The molecule has 0 unspecified atom stereocenters. The molecule has 70 valence electrons. The van der Waals surface area contributed by atoms with Crippen LogP contribution < -0.4 is 0 Å². The van der Waals surface area contributed by atoms with Crippen molar-refractivity contribution in [2.24, 2.45) is 5.92 Å². The van der Waals surface area contributed by atoms with E-state index in [1.807, 2.05) is 13.8 Å². The summed E-state index contributed by atoms with van der Waals surface area (Å²) in [7, 11) is 0. The Labute approximate surface area is 83.4 Å². The van der Waals surface area contributed by atoms with Gasteiger partial charge in [0.05, 0.1) is 0 Å². The Morgan fingerprint density at radius 2 is 2.00 bits per heavy atom. The van der Waals surface area contributed by atoms with Gasteiger partial charge in [0.1, 0.15) is 11.0 Å². The molecule has 0 N–H and O–H groups in total. The molecular weight excluding hydrogens is 184 g/mol. The van der Waals surface area contributed by atoms with Crippen molar-refractivity contribution in [3.63, 3.8) is 0 Å². The van der Waals surface area contributed by atoms with E-state index in [4.69, 9.17) is 11.6 Å². The number of hydrogen-bond donors (Lipinski definition) is 0. The molecule has 1 aromatic rings. The molecule has 0 saturated heterocycles. The molecule has 0 amide bonds.